The van der Waals surface area contributed by atoms with Gasteiger partial charge in [-0.15, -0.1) is 0 Å². The minimum Gasteiger partial charge on any atom is -0.344 e. The fourth-order valence-corrected chi connectivity index (χ4v) is 0.838. The minimum atomic E-state index is 0. The Morgan fingerprint density at radius 3 is 2.00 bits per heavy atom. The third-order valence-corrected chi connectivity index (χ3v) is 1.54. The van der Waals surface area contributed by atoms with Gasteiger partial charge < -0.3 is 6.15 Å². The fourth-order valence-electron chi connectivity index (χ4n) is 0.838. The summed E-state index contributed by atoms with van der Waals surface area (Å²) in [6.07, 6.45) is 0. The Labute approximate surface area is 68.3 Å². The highest BCUT2D eigenvalue weighted by atomic mass is 14.0. The van der Waals surface area contributed by atoms with Crippen LogP contribution in [-0.2, 0) is 0 Å². The molecule has 1 nitrogen and oxygen atoms in total. The van der Waals surface area contributed by atoms with Gasteiger partial charge in [0.05, 0.1) is 0 Å². The van der Waals surface area contributed by atoms with Crippen molar-refractivity contribution in [1.29, 1.82) is 0 Å². The van der Waals surface area contributed by atoms with Crippen LogP contribution in [0.15, 0.2) is 30.8 Å². The first-order valence-corrected chi connectivity index (χ1v) is 3.42. The van der Waals surface area contributed by atoms with Crippen LogP contribution in [-0.4, -0.2) is 0 Å². The van der Waals surface area contributed by atoms with E-state index in [1.165, 1.54) is 11.1 Å². The standard InChI is InChI=1S/C10H12.H3N/c1-8(2)10-6-4-9(3)5-7-10;/h4-7H,1H2,2-3H3;1H3. The molecule has 0 aliphatic rings. The highest BCUT2D eigenvalue weighted by molar-refractivity contribution is 5.61. The third-order valence-electron chi connectivity index (χ3n) is 1.54. The highest BCUT2D eigenvalue weighted by Gasteiger charge is 1.89. The second-order valence-electron chi connectivity index (χ2n) is 2.65. The van der Waals surface area contributed by atoms with Gasteiger partial charge in [0.25, 0.3) is 0 Å². The predicted octanol–water partition coefficient (Wildman–Crippen LogP) is 3.19. The van der Waals surface area contributed by atoms with Crippen LogP contribution in [0.4, 0.5) is 0 Å². The van der Waals surface area contributed by atoms with E-state index in [-0.39, 0.29) is 6.15 Å². The van der Waals surface area contributed by atoms with E-state index in [0.29, 0.717) is 0 Å². The summed E-state index contributed by atoms with van der Waals surface area (Å²) in [5.41, 5.74) is 3.65. The Bertz CT molecular complexity index is 234. The van der Waals surface area contributed by atoms with E-state index < -0.39 is 0 Å². The molecule has 0 spiro atoms. The van der Waals surface area contributed by atoms with Crippen molar-refractivity contribution in [2.24, 2.45) is 0 Å². The topological polar surface area (TPSA) is 35.0 Å². The number of rotatable bonds is 1. The van der Waals surface area contributed by atoms with E-state index in [4.69, 9.17) is 0 Å². The van der Waals surface area contributed by atoms with Gasteiger partial charge in [0.1, 0.15) is 0 Å². The summed E-state index contributed by atoms with van der Waals surface area (Å²) in [6.45, 7) is 7.96. The van der Waals surface area contributed by atoms with E-state index >= 15 is 0 Å². The van der Waals surface area contributed by atoms with Crippen molar-refractivity contribution in [2.75, 3.05) is 0 Å². The Morgan fingerprint density at radius 2 is 1.64 bits per heavy atom. The summed E-state index contributed by atoms with van der Waals surface area (Å²) in [5.74, 6) is 0. The largest absolute Gasteiger partial charge is 0.344 e. The van der Waals surface area contributed by atoms with Crippen LogP contribution in [0.1, 0.15) is 18.1 Å². The lowest BCUT2D eigenvalue weighted by Gasteiger charge is -1.98. The molecule has 0 saturated carbocycles. The maximum Gasteiger partial charge on any atom is -0.0233 e. The van der Waals surface area contributed by atoms with Crippen LogP contribution in [0.2, 0.25) is 0 Å². The van der Waals surface area contributed by atoms with Gasteiger partial charge in [0.2, 0.25) is 0 Å². The van der Waals surface area contributed by atoms with E-state index in [1.54, 1.807) is 0 Å². The summed E-state index contributed by atoms with van der Waals surface area (Å²) >= 11 is 0. The molecule has 11 heavy (non-hydrogen) atoms. The van der Waals surface area contributed by atoms with Gasteiger partial charge in [-0.2, -0.15) is 0 Å². The number of aryl methyl sites for hydroxylation is 1. The molecule has 0 aliphatic carbocycles. The van der Waals surface area contributed by atoms with Crippen LogP contribution >= 0.6 is 0 Å². The average molecular weight is 149 g/mol. The first-order chi connectivity index (χ1) is 4.70. The van der Waals surface area contributed by atoms with Crippen LogP contribution in [0.5, 0.6) is 0 Å². The second-order valence-corrected chi connectivity index (χ2v) is 2.65. The molecular formula is C10H15N. The van der Waals surface area contributed by atoms with Crippen molar-refractivity contribution < 1.29 is 0 Å². The van der Waals surface area contributed by atoms with E-state index in [1.807, 2.05) is 6.92 Å². The maximum absolute atomic E-state index is 3.86. The number of hydrogen-bond acceptors (Lipinski definition) is 1. The Balaban J connectivity index is 0.000001000. The zero-order valence-corrected chi connectivity index (χ0v) is 7.22. The normalized spacial score (nSPS) is 8.55. The Hall–Kier alpha value is -1.08. The first-order valence-electron chi connectivity index (χ1n) is 3.42. The molecule has 60 valence electrons. The molecule has 0 amide bonds. The quantitative estimate of drug-likeness (QED) is 0.653. The Morgan fingerprint density at radius 1 is 1.18 bits per heavy atom. The SMILES string of the molecule is C=C(C)c1ccc(C)cc1.N. The molecule has 0 aliphatic heterocycles. The zero-order valence-electron chi connectivity index (χ0n) is 7.22. The van der Waals surface area contributed by atoms with Crippen LogP contribution in [0.25, 0.3) is 5.57 Å². The maximum atomic E-state index is 3.86. The van der Waals surface area contributed by atoms with E-state index in [9.17, 15) is 0 Å². The van der Waals surface area contributed by atoms with Crippen molar-refractivity contribution in [3.8, 4) is 0 Å². The van der Waals surface area contributed by atoms with Crippen LogP contribution < -0.4 is 6.15 Å². The molecule has 0 heterocycles. The molecule has 0 unspecified atom stereocenters. The molecule has 0 saturated heterocycles. The van der Waals surface area contributed by atoms with Gasteiger partial charge in [-0.3, -0.25) is 0 Å². The van der Waals surface area contributed by atoms with Gasteiger partial charge in [-0.1, -0.05) is 42.0 Å². The average Bonchev–Trinajstić information content (AvgIpc) is 1.88. The summed E-state index contributed by atoms with van der Waals surface area (Å²) in [5, 5.41) is 0. The molecule has 1 rings (SSSR count). The molecule has 0 bridgehead atoms. The number of benzene rings is 1. The smallest absolute Gasteiger partial charge is 0.0233 e. The van der Waals surface area contributed by atoms with Crippen molar-refractivity contribution in [3.63, 3.8) is 0 Å². The summed E-state index contributed by atoms with van der Waals surface area (Å²) < 4.78 is 0. The second kappa shape index (κ2) is 3.94. The lowest BCUT2D eigenvalue weighted by Crippen LogP contribution is -1.76. The van der Waals surface area contributed by atoms with Crippen molar-refractivity contribution in [3.05, 3.63) is 42.0 Å². The van der Waals surface area contributed by atoms with Crippen molar-refractivity contribution in [2.45, 2.75) is 13.8 Å². The molecule has 0 aromatic heterocycles. The summed E-state index contributed by atoms with van der Waals surface area (Å²) in [4.78, 5) is 0. The lowest BCUT2D eigenvalue weighted by molar-refractivity contribution is 1.45. The van der Waals surface area contributed by atoms with Gasteiger partial charge >= 0.3 is 0 Å². The van der Waals surface area contributed by atoms with Gasteiger partial charge in [-0.05, 0) is 19.4 Å². The summed E-state index contributed by atoms with van der Waals surface area (Å²) in [7, 11) is 0. The summed E-state index contributed by atoms with van der Waals surface area (Å²) in [6, 6.07) is 8.39. The molecule has 0 fully saturated rings. The number of hydrogen-bond donors (Lipinski definition) is 1. The lowest BCUT2D eigenvalue weighted by atomic mass is 10.1. The molecular weight excluding hydrogens is 134 g/mol. The Kier molecular flexibility index (Phi) is 3.55. The molecule has 0 atom stereocenters. The number of allylic oxidation sites excluding steroid dienone is 1. The molecule has 1 aromatic carbocycles. The van der Waals surface area contributed by atoms with Gasteiger partial charge in [0.15, 0.2) is 0 Å². The predicted molar refractivity (Wildman–Crippen MR) is 50.9 cm³/mol. The zero-order chi connectivity index (χ0) is 7.56. The highest BCUT2D eigenvalue weighted by Crippen LogP contribution is 2.11. The van der Waals surface area contributed by atoms with Crippen molar-refractivity contribution in [1.82, 2.24) is 6.15 Å². The fraction of sp³-hybridized carbons (Fsp3) is 0.200. The van der Waals surface area contributed by atoms with E-state index in [0.717, 1.165) is 5.57 Å². The first kappa shape index (κ1) is 9.92. The molecule has 1 aromatic rings. The van der Waals surface area contributed by atoms with Crippen LogP contribution in [0, 0.1) is 6.92 Å². The van der Waals surface area contributed by atoms with E-state index in [2.05, 4.69) is 37.8 Å². The third kappa shape index (κ3) is 2.56. The molecule has 1 heteroatoms. The van der Waals surface area contributed by atoms with Crippen molar-refractivity contribution >= 4 is 5.57 Å². The van der Waals surface area contributed by atoms with Gasteiger partial charge in [-0.25, -0.2) is 0 Å². The molecule has 3 N–H and O–H groups in total. The minimum absolute atomic E-state index is 0. The van der Waals surface area contributed by atoms with Gasteiger partial charge in [0, 0.05) is 0 Å². The molecule has 0 radical (unpaired) electrons. The van der Waals surface area contributed by atoms with Crippen LogP contribution in [0.3, 0.4) is 0 Å². The monoisotopic (exact) mass is 149 g/mol.